The van der Waals surface area contributed by atoms with Gasteiger partial charge in [-0.2, -0.15) is 0 Å². The number of rotatable bonds is 3. The molecule has 0 aliphatic rings. The van der Waals surface area contributed by atoms with Gasteiger partial charge in [0.05, 0.1) is 15.8 Å². The van der Waals surface area contributed by atoms with E-state index in [1.807, 2.05) is 0 Å². The van der Waals surface area contributed by atoms with Crippen LogP contribution in [0.4, 0.5) is 0 Å². The molecule has 0 spiro atoms. The molecule has 0 unspecified atom stereocenters. The Balaban J connectivity index is 2.15. The summed E-state index contributed by atoms with van der Waals surface area (Å²) in [4.78, 5) is 24.5. The monoisotopic (exact) mass is 395 g/mol. The van der Waals surface area contributed by atoms with Crippen molar-refractivity contribution in [2.75, 3.05) is 0 Å². The highest BCUT2D eigenvalue weighted by Crippen LogP contribution is 2.31. The molecule has 1 N–H and O–H groups in total. The third kappa shape index (κ3) is 3.56. The number of aromatic hydroxyl groups is 1. The third-order valence-electron chi connectivity index (χ3n) is 3.42. The summed E-state index contributed by atoms with van der Waals surface area (Å²) in [5.41, 5.74) is 0.0133. The molecule has 2 aromatic heterocycles. The molecule has 5 nitrogen and oxygen atoms in total. The Hall–Kier alpha value is -2.28. The maximum absolute atomic E-state index is 12.4. The predicted molar refractivity (Wildman–Crippen MR) is 98.0 cm³/mol. The molecule has 0 aliphatic heterocycles. The zero-order valence-electron chi connectivity index (χ0n) is 12.8. The van der Waals surface area contributed by atoms with Crippen LogP contribution in [-0.4, -0.2) is 15.5 Å². The van der Waals surface area contributed by atoms with Crippen LogP contribution in [0, 0.1) is 0 Å². The number of aromatic nitrogens is 1. The normalized spacial score (nSPS) is 12.8. The van der Waals surface area contributed by atoms with Crippen LogP contribution in [0.5, 0.6) is 5.75 Å². The minimum absolute atomic E-state index is 0.0897. The first-order valence-corrected chi connectivity index (χ1v) is 8.59. The van der Waals surface area contributed by atoms with E-state index in [2.05, 4.69) is 0 Å². The molecule has 0 radical (unpaired) electrons. The molecule has 8 heteroatoms. The maximum atomic E-state index is 12.4. The van der Waals surface area contributed by atoms with E-state index in [1.165, 1.54) is 35.1 Å². The maximum Gasteiger partial charge on any atom is 0.268 e. The Morgan fingerprint density at radius 2 is 2.12 bits per heavy atom. The molecule has 0 aliphatic carbocycles. The SMILES string of the molecule is Cn1c(=O)/c(=C/c2cc(Cl)cc(Cl)c2O)s/c1=C\C(=O)c1ccco1. The van der Waals surface area contributed by atoms with Gasteiger partial charge in [0.1, 0.15) is 10.4 Å². The fourth-order valence-electron chi connectivity index (χ4n) is 2.15. The molecule has 0 saturated carbocycles. The van der Waals surface area contributed by atoms with Crippen LogP contribution in [0.25, 0.3) is 12.2 Å². The summed E-state index contributed by atoms with van der Waals surface area (Å²) in [7, 11) is 1.56. The number of ketones is 1. The second kappa shape index (κ2) is 6.92. The molecule has 0 atom stereocenters. The number of furan rings is 1. The lowest BCUT2D eigenvalue weighted by molar-refractivity contribution is 0.103. The van der Waals surface area contributed by atoms with Crippen LogP contribution in [0.15, 0.2) is 39.7 Å². The first kappa shape index (κ1) is 17.5. The Bertz CT molecular complexity index is 1130. The van der Waals surface area contributed by atoms with Gasteiger partial charge < -0.3 is 14.1 Å². The van der Waals surface area contributed by atoms with E-state index in [0.29, 0.717) is 19.8 Å². The highest BCUT2D eigenvalue weighted by Gasteiger charge is 2.09. The van der Waals surface area contributed by atoms with Crippen molar-refractivity contribution in [1.82, 2.24) is 4.57 Å². The summed E-state index contributed by atoms with van der Waals surface area (Å²) in [5, 5.41) is 10.4. The zero-order valence-corrected chi connectivity index (χ0v) is 15.2. The number of phenolic OH excluding ortho intramolecular Hbond substituents is 1. The summed E-state index contributed by atoms with van der Waals surface area (Å²) in [5.74, 6) is -0.327. The molecule has 0 amide bonds. The molecular formula is C17H11Cl2NO4S. The van der Waals surface area contributed by atoms with E-state index >= 15 is 0 Å². The van der Waals surface area contributed by atoms with Gasteiger partial charge in [0.15, 0.2) is 5.76 Å². The van der Waals surface area contributed by atoms with Gasteiger partial charge in [-0.15, -0.1) is 11.3 Å². The minimum atomic E-state index is -0.345. The molecule has 128 valence electrons. The van der Waals surface area contributed by atoms with Crippen molar-refractivity contribution in [3.63, 3.8) is 0 Å². The van der Waals surface area contributed by atoms with Crippen LogP contribution in [0.1, 0.15) is 16.1 Å². The number of carbonyl (C=O) groups excluding carboxylic acids is 1. The number of halogens is 2. The number of Topliss-reactive ketones (excluding diaryl/α,β-unsaturated/α-hetero) is 1. The Kier molecular flexibility index (Phi) is 4.85. The summed E-state index contributed by atoms with van der Waals surface area (Å²) in [6.45, 7) is 0. The minimum Gasteiger partial charge on any atom is -0.506 e. The topological polar surface area (TPSA) is 72.4 Å². The van der Waals surface area contributed by atoms with Crippen LogP contribution in [-0.2, 0) is 7.05 Å². The molecule has 0 fully saturated rings. The van der Waals surface area contributed by atoms with Crippen LogP contribution in [0.3, 0.4) is 0 Å². The predicted octanol–water partition coefficient (Wildman–Crippen LogP) is 2.54. The highest BCUT2D eigenvalue weighted by molar-refractivity contribution is 7.07. The summed E-state index contributed by atoms with van der Waals surface area (Å²) < 4.78 is 7.17. The van der Waals surface area contributed by atoms with E-state index < -0.39 is 0 Å². The fourth-order valence-corrected chi connectivity index (χ4v) is 3.68. The van der Waals surface area contributed by atoms with Crippen molar-refractivity contribution >= 4 is 52.5 Å². The lowest BCUT2D eigenvalue weighted by Gasteiger charge is -2.01. The summed E-state index contributed by atoms with van der Waals surface area (Å²) in [6.07, 6.45) is 4.21. The fraction of sp³-hybridized carbons (Fsp3) is 0.0588. The number of phenols is 1. The number of hydrogen-bond donors (Lipinski definition) is 1. The van der Waals surface area contributed by atoms with E-state index in [1.54, 1.807) is 19.2 Å². The summed E-state index contributed by atoms with van der Waals surface area (Å²) >= 11 is 12.9. The number of carbonyl (C=O) groups is 1. The molecule has 1 aromatic carbocycles. The van der Waals surface area contributed by atoms with Crippen molar-refractivity contribution in [3.8, 4) is 5.75 Å². The highest BCUT2D eigenvalue weighted by atomic mass is 35.5. The molecule has 0 saturated heterocycles. The number of benzene rings is 1. The second-order valence-electron chi connectivity index (χ2n) is 5.12. The van der Waals surface area contributed by atoms with Crippen molar-refractivity contribution in [2.24, 2.45) is 7.05 Å². The second-order valence-corrected chi connectivity index (χ2v) is 7.03. The van der Waals surface area contributed by atoms with Gasteiger partial charge in [-0.3, -0.25) is 9.59 Å². The Morgan fingerprint density at radius 1 is 1.36 bits per heavy atom. The molecule has 2 heterocycles. The van der Waals surface area contributed by atoms with Crippen molar-refractivity contribution < 1.29 is 14.3 Å². The Labute approximate surface area is 155 Å². The Morgan fingerprint density at radius 3 is 2.80 bits per heavy atom. The van der Waals surface area contributed by atoms with Gasteiger partial charge in [-0.25, -0.2) is 0 Å². The van der Waals surface area contributed by atoms with E-state index in [-0.39, 0.29) is 27.9 Å². The first-order chi connectivity index (χ1) is 11.9. The zero-order chi connectivity index (χ0) is 18.1. The average Bonchev–Trinajstić information content (AvgIpc) is 3.18. The van der Waals surface area contributed by atoms with Crippen molar-refractivity contribution in [1.29, 1.82) is 0 Å². The van der Waals surface area contributed by atoms with Crippen molar-refractivity contribution in [2.45, 2.75) is 0 Å². The van der Waals surface area contributed by atoms with E-state index in [0.717, 1.165) is 11.3 Å². The first-order valence-electron chi connectivity index (χ1n) is 7.02. The molecule has 3 rings (SSSR count). The number of nitrogens with zero attached hydrogens (tertiary/aromatic N) is 1. The van der Waals surface area contributed by atoms with Gasteiger partial charge in [0, 0.05) is 23.7 Å². The van der Waals surface area contributed by atoms with Crippen LogP contribution in [0.2, 0.25) is 10.0 Å². The number of hydrogen-bond acceptors (Lipinski definition) is 5. The van der Waals surface area contributed by atoms with E-state index in [4.69, 9.17) is 27.6 Å². The van der Waals surface area contributed by atoms with Gasteiger partial charge in [0.25, 0.3) is 5.56 Å². The van der Waals surface area contributed by atoms with Crippen LogP contribution < -0.4 is 14.8 Å². The average molecular weight is 396 g/mol. The standard InChI is InChI=1S/C17H11Cl2NO4S/c1-20-15(8-12(21)13-3-2-4-24-13)25-14(17(20)23)6-9-5-10(18)7-11(19)16(9)22/h2-8,22H,1H3/b14-6-,15-8-. The molecule has 25 heavy (non-hydrogen) atoms. The van der Waals surface area contributed by atoms with Crippen molar-refractivity contribution in [3.05, 3.63) is 71.4 Å². The third-order valence-corrected chi connectivity index (χ3v) is 5.04. The quantitative estimate of drug-likeness (QED) is 0.691. The molecular weight excluding hydrogens is 385 g/mol. The number of thiazole rings is 1. The van der Waals surface area contributed by atoms with Crippen LogP contribution >= 0.6 is 34.5 Å². The lowest BCUT2D eigenvalue weighted by Crippen LogP contribution is -2.29. The van der Waals surface area contributed by atoms with Gasteiger partial charge in [0.2, 0.25) is 5.78 Å². The van der Waals surface area contributed by atoms with Gasteiger partial charge in [-0.1, -0.05) is 23.2 Å². The molecule has 0 bridgehead atoms. The summed E-state index contributed by atoms with van der Waals surface area (Å²) in [6, 6.07) is 6.06. The van der Waals surface area contributed by atoms with Gasteiger partial charge in [-0.05, 0) is 30.3 Å². The lowest BCUT2D eigenvalue weighted by atomic mass is 10.2. The molecule has 3 aromatic rings. The smallest absolute Gasteiger partial charge is 0.268 e. The largest absolute Gasteiger partial charge is 0.506 e. The van der Waals surface area contributed by atoms with Gasteiger partial charge >= 0.3 is 0 Å². The van der Waals surface area contributed by atoms with E-state index in [9.17, 15) is 14.7 Å².